The Bertz CT molecular complexity index is 578. The molecule has 2 rings (SSSR count). The maximum atomic E-state index is 10.6. The van der Waals surface area contributed by atoms with Gasteiger partial charge in [0.05, 0.1) is 16.8 Å². The number of hydrogen-bond acceptors (Lipinski definition) is 4. The van der Waals surface area contributed by atoms with Crippen molar-refractivity contribution in [3.63, 3.8) is 0 Å². The first-order valence-electron chi connectivity index (χ1n) is 7.20. The van der Waals surface area contributed by atoms with Crippen LogP contribution in [-0.4, -0.2) is 27.8 Å². The fraction of sp³-hybridized carbons (Fsp3) is 0.400. The number of aromatic nitrogens is 2. The lowest BCUT2D eigenvalue weighted by Gasteiger charge is -2.01. The molecule has 21 heavy (non-hydrogen) atoms. The average molecular weight is 288 g/mol. The Morgan fingerprint density at radius 1 is 1.29 bits per heavy atom. The van der Waals surface area contributed by atoms with Crippen LogP contribution < -0.4 is 5.32 Å². The summed E-state index contributed by atoms with van der Waals surface area (Å²) < 4.78 is 1.75. The largest absolute Gasteiger partial charge is 0.317 e. The highest BCUT2D eigenvalue weighted by Crippen LogP contribution is 2.15. The van der Waals surface area contributed by atoms with E-state index in [1.807, 2.05) is 12.4 Å². The molecule has 0 atom stereocenters. The molecule has 1 aromatic heterocycles. The number of non-ortho nitro benzene ring substituents is 1. The van der Waals surface area contributed by atoms with E-state index in [1.54, 1.807) is 16.8 Å². The molecule has 112 valence electrons. The molecule has 0 amide bonds. The van der Waals surface area contributed by atoms with Crippen LogP contribution in [-0.2, 0) is 6.42 Å². The molecule has 1 heterocycles. The second kappa shape index (κ2) is 7.54. The van der Waals surface area contributed by atoms with Crippen LogP contribution >= 0.6 is 0 Å². The molecule has 0 bridgehead atoms. The zero-order valence-corrected chi connectivity index (χ0v) is 12.2. The van der Waals surface area contributed by atoms with Crippen LogP contribution in [0.3, 0.4) is 0 Å². The Morgan fingerprint density at radius 3 is 2.71 bits per heavy atom. The molecular weight excluding hydrogens is 268 g/mol. The number of aryl methyl sites for hydroxylation is 1. The summed E-state index contributed by atoms with van der Waals surface area (Å²) in [4.78, 5) is 10.2. The van der Waals surface area contributed by atoms with E-state index in [2.05, 4.69) is 17.3 Å². The summed E-state index contributed by atoms with van der Waals surface area (Å²) >= 11 is 0. The second-order valence-electron chi connectivity index (χ2n) is 4.92. The van der Waals surface area contributed by atoms with Gasteiger partial charge in [-0.2, -0.15) is 5.10 Å². The third-order valence-corrected chi connectivity index (χ3v) is 3.21. The van der Waals surface area contributed by atoms with Gasteiger partial charge >= 0.3 is 0 Å². The first-order chi connectivity index (χ1) is 10.2. The molecule has 6 nitrogen and oxygen atoms in total. The molecule has 0 fully saturated rings. The third kappa shape index (κ3) is 4.39. The van der Waals surface area contributed by atoms with Crippen molar-refractivity contribution in [2.24, 2.45) is 0 Å². The minimum atomic E-state index is -0.401. The predicted molar refractivity (Wildman–Crippen MR) is 81.7 cm³/mol. The first kappa shape index (κ1) is 15.2. The van der Waals surface area contributed by atoms with Gasteiger partial charge in [-0.1, -0.05) is 6.92 Å². The SMILES string of the molecule is CCCNCCCc1cnn(-c2ccc([N+](=O)[O-])cc2)c1. The van der Waals surface area contributed by atoms with Gasteiger partial charge in [-0.05, 0) is 50.0 Å². The molecule has 0 aliphatic carbocycles. The van der Waals surface area contributed by atoms with Crippen LogP contribution in [0.5, 0.6) is 0 Å². The van der Waals surface area contributed by atoms with Gasteiger partial charge in [-0.15, -0.1) is 0 Å². The molecule has 1 N–H and O–H groups in total. The first-order valence-corrected chi connectivity index (χ1v) is 7.20. The fourth-order valence-electron chi connectivity index (χ4n) is 2.08. The van der Waals surface area contributed by atoms with E-state index < -0.39 is 4.92 Å². The van der Waals surface area contributed by atoms with Gasteiger partial charge < -0.3 is 5.32 Å². The van der Waals surface area contributed by atoms with Crippen molar-refractivity contribution in [2.45, 2.75) is 26.2 Å². The zero-order valence-electron chi connectivity index (χ0n) is 12.2. The summed E-state index contributed by atoms with van der Waals surface area (Å²) in [6.07, 6.45) is 7.02. The molecule has 0 radical (unpaired) electrons. The number of nitro groups is 1. The summed E-state index contributed by atoms with van der Waals surface area (Å²) in [5, 5.41) is 18.3. The fourth-order valence-corrected chi connectivity index (χ4v) is 2.08. The highest BCUT2D eigenvalue weighted by Gasteiger charge is 2.06. The van der Waals surface area contributed by atoms with E-state index in [9.17, 15) is 10.1 Å². The molecule has 0 saturated heterocycles. The number of nitrogens with one attached hydrogen (secondary N) is 1. The van der Waals surface area contributed by atoms with E-state index in [1.165, 1.54) is 17.7 Å². The van der Waals surface area contributed by atoms with Gasteiger partial charge in [-0.25, -0.2) is 4.68 Å². The maximum absolute atomic E-state index is 10.6. The van der Waals surface area contributed by atoms with E-state index in [-0.39, 0.29) is 5.69 Å². The second-order valence-corrected chi connectivity index (χ2v) is 4.92. The van der Waals surface area contributed by atoms with Crippen molar-refractivity contribution in [1.29, 1.82) is 0 Å². The van der Waals surface area contributed by atoms with Gasteiger partial charge in [0.25, 0.3) is 5.69 Å². The lowest BCUT2D eigenvalue weighted by Crippen LogP contribution is -2.16. The molecule has 6 heteroatoms. The Hall–Kier alpha value is -2.21. The maximum Gasteiger partial charge on any atom is 0.269 e. The summed E-state index contributed by atoms with van der Waals surface area (Å²) in [6, 6.07) is 6.39. The van der Waals surface area contributed by atoms with Crippen LogP contribution in [0.15, 0.2) is 36.7 Å². The molecule has 0 aliphatic heterocycles. The smallest absolute Gasteiger partial charge is 0.269 e. The highest BCUT2D eigenvalue weighted by atomic mass is 16.6. The normalized spacial score (nSPS) is 10.7. The van der Waals surface area contributed by atoms with Gasteiger partial charge in [0.15, 0.2) is 0 Å². The van der Waals surface area contributed by atoms with Crippen molar-refractivity contribution >= 4 is 5.69 Å². The van der Waals surface area contributed by atoms with Crippen molar-refractivity contribution in [2.75, 3.05) is 13.1 Å². The van der Waals surface area contributed by atoms with E-state index in [0.717, 1.165) is 38.0 Å². The number of benzene rings is 1. The number of nitro benzene ring substituents is 1. The highest BCUT2D eigenvalue weighted by molar-refractivity contribution is 5.40. The molecule has 0 spiro atoms. The van der Waals surface area contributed by atoms with Crippen molar-refractivity contribution < 1.29 is 4.92 Å². The summed E-state index contributed by atoms with van der Waals surface area (Å²) in [6.45, 7) is 4.22. The van der Waals surface area contributed by atoms with Crippen LogP contribution in [0.1, 0.15) is 25.3 Å². The molecule has 0 aliphatic rings. The monoisotopic (exact) mass is 288 g/mol. The van der Waals surface area contributed by atoms with Crippen molar-refractivity contribution in [1.82, 2.24) is 15.1 Å². The lowest BCUT2D eigenvalue weighted by atomic mass is 10.2. The van der Waals surface area contributed by atoms with Crippen LogP contribution in [0.25, 0.3) is 5.69 Å². The van der Waals surface area contributed by atoms with E-state index >= 15 is 0 Å². The summed E-state index contributed by atoms with van der Waals surface area (Å²) in [5.41, 5.74) is 2.09. The summed E-state index contributed by atoms with van der Waals surface area (Å²) in [7, 11) is 0. The predicted octanol–water partition coefficient (Wildman–Crippen LogP) is 2.71. The molecule has 0 unspecified atom stereocenters. The van der Waals surface area contributed by atoms with Crippen LogP contribution in [0.2, 0.25) is 0 Å². The number of nitrogens with zero attached hydrogens (tertiary/aromatic N) is 3. The molecular formula is C15H20N4O2. The zero-order chi connectivity index (χ0) is 15.1. The van der Waals surface area contributed by atoms with E-state index in [0.29, 0.717) is 0 Å². The topological polar surface area (TPSA) is 73.0 Å². The standard InChI is InChI=1S/C15H20N4O2/c1-2-9-16-10-3-4-13-11-17-18(12-13)14-5-7-15(8-6-14)19(20)21/h5-8,11-12,16H,2-4,9-10H2,1H3. The van der Waals surface area contributed by atoms with Gasteiger partial charge in [0.1, 0.15) is 0 Å². The van der Waals surface area contributed by atoms with E-state index in [4.69, 9.17) is 0 Å². The molecule has 1 aromatic carbocycles. The van der Waals surface area contributed by atoms with Crippen LogP contribution in [0, 0.1) is 10.1 Å². The minimum absolute atomic E-state index is 0.0909. The van der Waals surface area contributed by atoms with Gasteiger partial charge in [0, 0.05) is 18.3 Å². The Labute approximate surface area is 123 Å². The quantitative estimate of drug-likeness (QED) is 0.460. The number of hydrogen-bond donors (Lipinski definition) is 1. The third-order valence-electron chi connectivity index (χ3n) is 3.21. The minimum Gasteiger partial charge on any atom is -0.317 e. The average Bonchev–Trinajstić information content (AvgIpc) is 2.96. The van der Waals surface area contributed by atoms with Crippen LogP contribution in [0.4, 0.5) is 5.69 Å². The van der Waals surface area contributed by atoms with Gasteiger partial charge in [-0.3, -0.25) is 10.1 Å². The van der Waals surface area contributed by atoms with Gasteiger partial charge in [0.2, 0.25) is 0 Å². The number of rotatable bonds is 8. The molecule has 0 saturated carbocycles. The molecule has 2 aromatic rings. The Balaban J connectivity index is 1.91. The lowest BCUT2D eigenvalue weighted by molar-refractivity contribution is -0.384. The summed E-state index contributed by atoms with van der Waals surface area (Å²) in [5.74, 6) is 0. The Morgan fingerprint density at radius 2 is 2.05 bits per heavy atom. The Kier molecular flexibility index (Phi) is 5.45. The van der Waals surface area contributed by atoms with Crippen molar-refractivity contribution in [3.05, 3.63) is 52.3 Å². The van der Waals surface area contributed by atoms with Crippen molar-refractivity contribution in [3.8, 4) is 5.69 Å².